The summed E-state index contributed by atoms with van der Waals surface area (Å²) in [5.41, 5.74) is 0. The zero-order valence-corrected chi connectivity index (χ0v) is 16.9. The van der Waals surface area contributed by atoms with Crippen molar-refractivity contribution in [2.75, 3.05) is 34.5 Å². The zero-order chi connectivity index (χ0) is 19.4. The van der Waals surface area contributed by atoms with E-state index in [-0.39, 0.29) is 31.7 Å². The average molecular weight is 403 g/mol. The van der Waals surface area contributed by atoms with E-state index in [0.29, 0.717) is 6.42 Å². The Morgan fingerprint density at radius 3 is 2.65 bits per heavy atom. The van der Waals surface area contributed by atoms with E-state index >= 15 is 0 Å². The molecule has 2 fully saturated rings. The minimum absolute atomic E-state index is 0.0581. The molecule has 0 spiro atoms. The van der Waals surface area contributed by atoms with E-state index in [1.165, 1.54) is 21.4 Å². The van der Waals surface area contributed by atoms with Crippen molar-refractivity contribution >= 4 is 43.2 Å². The highest BCUT2D eigenvalue weighted by Gasteiger charge is 2.49. The topological polar surface area (TPSA) is 81.7 Å². The molecule has 0 aromatic rings. The molecule has 2 aliphatic heterocycles. The summed E-state index contributed by atoms with van der Waals surface area (Å²) in [5, 5.41) is 0. The molecule has 13 heteroatoms. The van der Waals surface area contributed by atoms with E-state index < -0.39 is 31.0 Å². The fourth-order valence-corrected chi connectivity index (χ4v) is 4.61. The molecule has 0 amide bonds. The minimum Gasteiger partial charge on any atom is -0.381 e. The van der Waals surface area contributed by atoms with Crippen LogP contribution in [-0.2, 0) is 37.1 Å². The summed E-state index contributed by atoms with van der Waals surface area (Å²) >= 11 is 4.43. The number of ether oxygens (including phenoxy) is 4. The van der Waals surface area contributed by atoms with Gasteiger partial charge in [-0.25, -0.2) is 4.57 Å². The Morgan fingerprint density at radius 1 is 1.35 bits per heavy atom. The van der Waals surface area contributed by atoms with E-state index in [9.17, 15) is 4.57 Å². The maximum absolute atomic E-state index is 12.9. The first-order chi connectivity index (χ1) is 12.3. The number of hydrogen-bond donors (Lipinski definition) is 1. The molecule has 0 aromatic carbocycles. The molecule has 26 heavy (non-hydrogen) atoms. The van der Waals surface area contributed by atoms with Crippen LogP contribution in [-0.4, -0.2) is 92.5 Å². The molecule has 0 aromatic heterocycles. The molecule has 0 N–H and O–H groups in total. The van der Waals surface area contributed by atoms with E-state index in [0.717, 1.165) is 0 Å². The quantitative estimate of drug-likeness (QED) is 0.316. The molecule has 2 rings (SSSR count). The van der Waals surface area contributed by atoms with Gasteiger partial charge in [0.15, 0.2) is 4.93 Å². The third-order valence-electron chi connectivity index (χ3n) is 4.28. The van der Waals surface area contributed by atoms with Crippen LogP contribution in [0.3, 0.4) is 0 Å². The number of methoxy groups -OCH3 is 2. The minimum atomic E-state index is -3.91. The largest absolute Gasteiger partial charge is 0.475 e. The average Bonchev–Trinajstić information content (AvgIpc) is 3.13. The van der Waals surface area contributed by atoms with Gasteiger partial charge in [0.2, 0.25) is 0 Å². The summed E-state index contributed by atoms with van der Waals surface area (Å²) in [6.07, 6.45) is -0.615. The SMILES string of the molecule is [B][B][C@H]1CC(OC)[C@@H](COP(=O)(OC)OC2C[C@H]([B])O[C@]2(S)COC)O1. The van der Waals surface area contributed by atoms with Crippen LogP contribution in [0.5, 0.6) is 0 Å². The molecule has 7 atom stereocenters. The molecule has 0 aliphatic carbocycles. The fraction of sp³-hybridized carbons (Fsp3) is 1.00. The standard InChI is InChI=1S/C13H23B3O8PS/c1-18-7-13(26)10(5-11(14)23-13)24-25(17,20-3)21-6-9-8(19-2)4-12(16-15)22-9/h8-12,26H,4-7H2,1-3H3/t8?,9-,10?,11-,12-,13+,25?/m1/s1. The van der Waals surface area contributed by atoms with Gasteiger partial charge < -0.3 is 18.9 Å². The summed E-state index contributed by atoms with van der Waals surface area (Å²) in [6, 6.07) is -0.890. The predicted molar refractivity (Wildman–Crippen MR) is 99.9 cm³/mol. The van der Waals surface area contributed by atoms with Crippen molar-refractivity contribution in [1.82, 2.24) is 0 Å². The van der Waals surface area contributed by atoms with Crippen LogP contribution < -0.4 is 0 Å². The first-order valence-corrected chi connectivity index (χ1v) is 10.1. The monoisotopic (exact) mass is 403 g/mol. The first-order valence-electron chi connectivity index (χ1n) is 8.16. The van der Waals surface area contributed by atoms with Gasteiger partial charge in [0.05, 0.1) is 26.5 Å². The van der Waals surface area contributed by atoms with E-state index in [1.54, 1.807) is 7.11 Å². The Hall–Kier alpha value is 0.495. The summed E-state index contributed by atoms with van der Waals surface area (Å²) in [4.78, 5) is -1.16. The normalized spacial score (nSPS) is 39.8. The van der Waals surface area contributed by atoms with Gasteiger partial charge in [-0.2, -0.15) is 0 Å². The molecular formula is C13H23B3O8PS. The first kappa shape index (κ1) is 22.8. The van der Waals surface area contributed by atoms with Gasteiger partial charge in [-0.3, -0.25) is 13.6 Å². The van der Waals surface area contributed by atoms with Gasteiger partial charge in [0, 0.05) is 41.1 Å². The van der Waals surface area contributed by atoms with Gasteiger partial charge in [-0.05, 0) is 12.8 Å². The lowest BCUT2D eigenvalue weighted by Gasteiger charge is -2.30. The number of rotatable bonds is 10. The zero-order valence-electron chi connectivity index (χ0n) is 15.1. The molecule has 143 valence electrons. The Kier molecular flexibility index (Phi) is 8.59. The Morgan fingerprint density at radius 2 is 2.08 bits per heavy atom. The van der Waals surface area contributed by atoms with Crippen LogP contribution in [0.2, 0.25) is 0 Å². The molecule has 2 aliphatic rings. The lowest BCUT2D eigenvalue weighted by molar-refractivity contribution is -0.0517. The highest BCUT2D eigenvalue weighted by atomic mass is 32.1. The fourth-order valence-electron chi connectivity index (χ4n) is 2.95. The molecule has 5 radical (unpaired) electrons. The lowest BCUT2D eigenvalue weighted by Crippen LogP contribution is -2.39. The molecule has 8 nitrogen and oxygen atoms in total. The Bertz CT molecular complexity index is 506. The maximum atomic E-state index is 12.9. The second kappa shape index (κ2) is 9.81. The van der Waals surface area contributed by atoms with Crippen molar-refractivity contribution < 1.29 is 37.1 Å². The predicted octanol–water partition coefficient (Wildman–Crippen LogP) is 0.248. The van der Waals surface area contributed by atoms with E-state index in [4.69, 9.17) is 48.1 Å². The second-order valence-corrected chi connectivity index (χ2v) is 8.59. The number of phosphoric acid groups is 1. The number of phosphoric ester groups is 1. The van der Waals surface area contributed by atoms with Crippen molar-refractivity contribution in [3.8, 4) is 0 Å². The third kappa shape index (κ3) is 5.52. The van der Waals surface area contributed by atoms with Crippen molar-refractivity contribution in [1.29, 1.82) is 0 Å². The van der Waals surface area contributed by atoms with Crippen LogP contribution in [0.25, 0.3) is 0 Å². The van der Waals surface area contributed by atoms with Crippen molar-refractivity contribution in [2.45, 2.75) is 48.1 Å². The third-order valence-corrected chi connectivity index (χ3v) is 6.23. The highest BCUT2D eigenvalue weighted by Crippen LogP contribution is 2.54. The van der Waals surface area contributed by atoms with Crippen LogP contribution in [0.4, 0.5) is 0 Å². The highest BCUT2D eigenvalue weighted by molar-refractivity contribution is 7.81. The molecule has 3 unspecified atom stereocenters. The Balaban J connectivity index is 1.98. The number of thiol groups is 1. The Labute approximate surface area is 163 Å². The van der Waals surface area contributed by atoms with Gasteiger partial charge in [0.25, 0.3) is 0 Å². The van der Waals surface area contributed by atoms with Gasteiger partial charge in [-0.1, -0.05) is 0 Å². The summed E-state index contributed by atoms with van der Waals surface area (Å²) in [6.45, 7) is 0.0289. The number of hydrogen-bond acceptors (Lipinski definition) is 9. The van der Waals surface area contributed by atoms with Gasteiger partial charge in [-0.15, -0.1) is 12.6 Å². The van der Waals surface area contributed by atoms with Crippen molar-refractivity contribution in [3.63, 3.8) is 0 Å². The summed E-state index contributed by atoms with van der Waals surface area (Å²) in [7, 11) is 13.1. The molecule has 0 bridgehead atoms. The van der Waals surface area contributed by atoms with Crippen LogP contribution in [0.1, 0.15) is 12.8 Å². The second-order valence-electron chi connectivity index (χ2n) is 6.10. The molecular weight excluding hydrogens is 380 g/mol. The van der Waals surface area contributed by atoms with Gasteiger partial charge >= 0.3 is 7.82 Å². The van der Waals surface area contributed by atoms with Crippen molar-refractivity contribution in [3.05, 3.63) is 0 Å². The molecule has 2 saturated heterocycles. The summed E-state index contributed by atoms with van der Waals surface area (Å²) in [5.74, 6) is 0. The van der Waals surface area contributed by atoms with Crippen LogP contribution >= 0.6 is 20.5 Å². The van der Waals surface area contributed by atoms with Crippen LogP contribution in [0, 0.1) is 0 Å². The summed E-state index contributed by atoms with van der Waals surface area (Å²) < 4.78 is 50.5. The molecule has 2 heterocycles. The molecule has 0 saturated carbocycles. The van der Waals surface area contributed by atoms with Crippen LogP contribution in [0.15, 0.2) is 0 Å². The van der Waals surface area contributed by atoms with Gasteiger partial charge in [0.1, 0.15) is 20.1 Å². The van der Waals surface area contributed by atoms with E-state index in [1.807, 2.05) is 0 Å². The smallest absolute Gasteiger partial charge is 0.381 e. The maximum Gasteiger partial charge on any atom is 0.475 e. The van der Waals surface area contributed by atoms with E-state index in [2.05, 4.69) is 12.6 Å². The lowest BCUT2D eigenvalue weighted by atomic mass is 9.51. The van der Waals surface area contributed by atoms with Crippen molar-refractivity contribution in [2.24, 2.45) is 0 Å².